The van der Waals surface area contributed by atoms with E-state index in [4.69, 9.17) is 0 Å². The molecule has 0 saturated heterocycles. The number of nitro groups is 1. The summed E-state index contributed by atoms with van der Waals surface area (Å²) in [6, 6.07) is 5.31. The number of carbonyl (C=O) groups is 2. The second kappa shape index (κ2) is 6.14. The molecule has 0 unspecified atom stereocenters. The molecule has 7 nitrogen and oxygen atoms in total. The van der Waals surface area contributed by atoms with E-state index in [1.54, 1.807) is 0 Å². The van der Waals surface area contributed by atoms with Gasteiger partial charge >= 0.3 is 5.97 Å². The van der Waals surface area contributed by atoms with Crippen LogP contribution in [0.25, 0.3) is 0 Å². The number of esters is 1. The van der Waals surface area contributed by atoms with Crippen LogP contribution >= 0.6 is 0 Å². The van der Waals surface area contributed by atoms with Crippen molar-refractivity contribution in [2.24, 2.45) is 0 Å². The van der Waals surface area contributed by atoms with Gasteiger partial charge in [0.2, 0.25) is 5.91 Å². The smallest absolute Gasteiger partial charge is 0.330 e. The molecule has 0 aliphatic rings. The third kappa shape index (κ3) is 4.05. The molecule has 94 valence electrons. The third-order valence-electron chi connectivity index (χ3n) is 1.92. The monoisotopic (exact) mass is 250 g/mol. The number of nitrogens with one attached hydrogen (secondary N) is 1. The van der Waals surface area contributed by atoms with Crippen LogP contribution < -0.4 is 5.32 Å². The zero-order valence-corrected chi connectivity index (χ0v) is 9.45. The number of rotatable bonds is 4. The molecule has 18 heavy (non-hydrogen) atoms. The van der Waals surface area contributed by atoms with Crippen molar-refractivity contribution in [3.8, 4) is 0 Å². The fraction of sp³-hybridized carbons (Fsp3) is 0.0909. The molecule has 0 heterocycles. The molecular formula is C11H10N2O5. The van der Waals surface area contributed by atoms with E-state index < -0.39 is 16.8 Å². The molecule has 0 bridgehead atoms. The summed E-state index contributed by atoms with van der Waals surface area (Å²) in [7, 11) is 1.20. The highest BCUT2D eigenvalue weighted by molar-refractivity contribution is 6.02. The molecule has 0 aliphatic heterocycles. The van der Waals surface area contributed by atoms with Crippen LogP contribution in [0.5, 0.6) is 0 Å². The van der Waals surface area contributed by atoms with Crippen LogP contribution in [0.1, 0.15) is 0 Å². The predicted octanol–water partition coefficient (Wildman–Crippen LogP) is 1.26. The van der Waals surface area contributed by atoms with Gasteiger partial charge in [0.15, 0.2) is 0 Å². The van der Waals surface area contributed by atoms with Crippen molar-refractivity contribution in [3.63, 3.8) is 0 Å². The molecular weight excluding hydrogens is 240 g/mol. The van der Waals surface area contributed by atoms with Crippen LogP contribution in [0.3, 0.4) is 0 Å². The van der Waals surface area contributed by atoms with E-state index in [-0.39, 0.29) is 5.69 Å². The van der Waals surface area contributed by atoms with Gasteiger partial charge in [0.1, 0.15) is 0 Å². The predicted molar refractivity (Wildman–Crippen MR) is 62.9 cm³/mol. The first kappa shape index (κ1) is 13.4. The zero-order valence-electron chi connectivity index (χ0n) is 9.45. The number of methoxy groups -OCH3 is 1. The van der Waals surface area contributed by atoms with E-state index in [1.165, 1.54) is 31.4 Å². The van der Waals surface area contributed by atoms with E-state index in [1.807, 2.05) is 0 Å². The first-order chi connectivity index (χ1) is 8.52. The number of hydrogen-bond donors (Lipinski definition) is 1. The van der Waals surface area contributed by atoms with Crippen molar-refractivity contribution in [1.82, 2.24) is 0 Å². The molecule has 0 aliphatic carbocycles. The van der Waals surface area contributed by atoms with Gasteiger partial charge in [-0.25, -0.2) is 4.79 Å². The Morgan fingerprint density at radius 1 is 1.28 bits per heavy atom. The lowest BCUT2D eigenvalue weighted by Gasteiger charge is -2.00. The number of non-ortho nitro benzene ring substituents is 1. The van der Waals surface area contributed by atoms with Crippen molar-refractivity contribution >= 4 is 23.3 Å². The maximum absolute atomic E-state index is 11.3. The number of nitrogens with zero attached hydrogens (tertiary/aromatic N) is 1. The van der Waals surface area contributed by atoms with E-state index in [9.17, 15) is 19.7 Å². The fourth-order valence-corrected chi connectivity index (χ4v) is 1.06. The summed E-state index contributed by atoms with van der Waals surface area (Å²) < 4.78 is 4.31. The number of ether oxygens (including phenoxy) is 1. The Morgan fingerprint density at radius 2 is 1.89 bits per heavy atom. The number of amides is 1. The molecule has 0 spiro atoms. The SMILES string of the molecule is COC(=O)/C=C/C(=O)Nc1ccc([N+](=O)[O-])cc1. The highest BCUT2D eigenvalue weighted by Gasteiger charge is 2.05. The lowest BCUT2D eigenvalue weighted by atomic mass is 10.3. The molecule has 1 aromatic rings. The zero-order chi connectivity index (χ0) is 13.5. The molecule has 1 amide bonds. The summed E-state index contributed by atoms with van der Waals surface area (Å²) in [4.78, 5) is 31.9. The van der Waals surface area contributed by atoms with E-state index in [2.05, 4.69) is 10.1 Å². The number of anilines is 1. The molecule has 0 aromatic heterocycles. The Balaban J connectivity index is 2.62. The summed E-state index contributed by atoms with van der Waals surface area (Å²) in [5, 5.41) is 12.8. The molecule has 1 N–H and O–H groups in total. The molecule has 0 saturated carbocycles. The largest absolute Gasteiger partial charge is 0.466 e. The minimum atomic E-state index is -0.645. The van der Waals surface area contributed by atoms with Crippen LogP contribution in [-0.2, 0) is 14.3 Å². The van der Waals surface area contributed by atoms with Gasteiger partial charge in [-0.15, -0.1) is 0 Å². The number of carbonyl (C=O) groups excluding carboxylic acids is 2. The van der Waals surface area contributed by atoms with E-state index >= 15 is 0 Å². The van der Waals surface area contributed by atoms with Crippen molar-refractivity contribution in [2.75, 3.05) is 12.4 Å². The molecule has 1 aromatic carbocycles. The maximum atomic E-state index is 11.3. The van der Waals surface area contributed by atoms with Gasteiger partial charge in [0, 0.05) is 30.0 Å². The summed E-state index contributed by atoms with van der Waals surface area (Å²) in [5.41, 5.74) is 0.318. The first-order valence-corrected chi connectivity index (χ1v) is 4.84. The minimum absolute atomic E-state index is 0.0712. The van der Waals surface area contributed by atoms with Crippen molar-refractivity contribution in [3.05, 3.63) is 46.5 Å². The first-order valence-electron chi connectivity index (χ1n) is 4.84. The highest BCUT2D eigenvalue weighted by atomic mass is 16.6. The summed E-state index contributed by atoms with van der Waals surface area (Å²) in [6.07, 6.45) is 1.98. The van der Waals surface area contributed by atoms with Gasteiger partial charge in [0.25, 0.3) is 5.69 Å². The average molecular weight is 250 g/mol. The molecule has 0 fully saturated rings. The second-order valence-corrected chi connectivity index (χ2v) is 3.15. The second-order valence-electron chi connectivity index (χ2n) is 3.15. The standard InChI is InChI=1S/C11H10N2O5/c1-18-11(15)7-6-10(14)12-8-2-4-9(5-3-8)13(16)17/h2-7H,1H3,(H,12,14)/b7-6+. The van der Waals surface area contributed by atoms with Crippen molar-refractivity contribution in [2.45, 2.75) is 0 Å². The minimum Gasteiger partial charge on any atom is -0.466 e. The lowest BCUT2D eigenvalue weighted by molar-refractivity contribution is -0.384. The quantitative estimate of drug-likeness (QED) is 0.375. The maximum Gasteiger partial charge on any atom is 0.330 e. The van der Waals surface area contributed by atoms with E-state index in [0.29, 0.717) is 5.69 Å². The van der Waals surface area contributed by atoms with Gasteiger partial charge in [0.05, 0.1) is 12.0 Å². The molecule has 1 rings (SSSR count). The Bertz CT molecular complexity index is 493. The molecule has 0 radical (unpaired) electrons. The topological polar surface area (TPSA) is 98.5 Å². The normalized spacial score (nSPS) is 10.1. The Kier molecular flexibility index (Phi) is 4.56. The molecule has 7 heteroatoms. The van der Waals surface area contributed by atoms with E-state index in [0.717, 1.165) is 12.2 Å². The lowest BCUT2D eigenvalue weighted by Crippen LogP contribution is -2.09. The third-order valence-corrected chi connectivity index (χ3v) is 1.92. The van der Waals surface area contributed by atoms with Crippen LogP contribution in [-0.4, -0.2) is 23.9 Å². The molecule has 0 atom stereocenters. The Hall–Kier alpha value is -2.70. The average Bonchev–Trinajstić information content (AvgIpc) is 2.36. The summed E-state index contributed by atoms with van der Waals surface area (Å²) in [6.45, 7) is 0. The van der Waals surface area contributed by atoms with Gasteiger partial charge in [-0.3, -0.25) is 14.9 Å². The number of nitro benzene ring substituents is 1. The fourth-order valence-electron chi connectivity index (χ4n) is 1.06. The summed E-state index contributed by atoms with van der Waals surface area (Å²) in [5.74, 6) is -1.18. The number of hydrogen-bond acceptors (Lipinski definition) is 5. The van der Waals surface area contributed by atoms with Gasteiger partial charge in [-0.2, -0.15) is 0 Å². The van der Waals surface area contributed by atoms with Gasteiger partial charge in [-0.05, 0) is 12.1 Å². The van der Waals surface area contributed by atoms with Crippen molar-refractivity contribution < 1.29 is 19.2 Å². The Labute approximate surface area is 102 Å². The van der Waals surface area contributed by atoms with Gasteiger partial charge in [-0.1, -0.05) is 0 Å². The highest BCUT2D eigenvalue weighted by Crippen LogP contribution is 2.15. The van der Waals surface area contributed by atoms with Crippen LogP contribution in [0, 0.1) is 10.1 Å². The van der Waals surface area contributed by atoms with Crippen molar-refractivity contribution in [1.29, 1.82) is 0 Å². The summed E-state index contributed by atoms with van der Waals surface area (Å²) >= 11 is 0. The van der Waals surface area contributed by atoms with Crippen LogP contribution in [0.4, 0.5) is 11.4 Å². The Morgan fingerprint density at radius 3 is 2.39 bits per heavy atom. The number of benzene rings is 1. The van der Waals surface area contributed by atoms with Crippen LogP contribution in [0.15, 0.2) is 36.4 Å². The van der Waals surface area contributed by atoms with Crippen LogP contribution in [0.2, 0.25) is 0 Å². The van der Waals surface area contributed by atoms with Gasteiger partial charge < -0.3 is 10.1 Å².